The summed E-state index contributed by atoms with van der Waals surface area (Å²) < 4.78 is 23.1. The maximum absolute atomic E-state index is 11.5. The molecule has 0 amide bonds. The summed E-state index contributed by atoms with van der Waals surface area (Å²) in [5, 5.41) is 6.62. The van der Waals surface area contributed by atoms with Crippen molar-refractivity contribution in [2.24, 2.45) is 4.99 Å². The fourth-order valence-corrected chi connectivity index (χ4v) is 3.64. The lowest BCUT2D eigenvalue weighted by Gasteiger charge is -2.13. The summed E-state index contributed by atoms with van der Waals surface area (Å²) in [6.45, 7) is 4.35. The number of nitrogens with one attached hydrogen (secondary N) is 2. The van der Waals surface area contributed by atoms with Crippen molar-refractivity contribution in [2.75, 3.05) is 44.9 Å². The highest BCUT2D eigenvalue weighted by atomic mass is 127. The van der Waals surface area contributed by atoms with Crippen LogP contribution in [-0.4, -0.2) is 54.4 Å². The number of hydrogen-bond acceptors (Lipinski definition) is 4. The molecular formula is C23H35IN4O2S. The van der Waals surface area contributed by atoms with Crippen LogP contribution in [0.2, 0.25) is 0 Å². The molecular weight excluding hydrogens is 523 g/mol. The van der Waals surface area contributed by atoms with Gasteiger partial charge in [0.2, 0.25) is 0 Å². The molecule has 0 bridgehead atoms. The summed E-state index contributed by atoms with van der Waals surface area (Å²) >= 11 is 0. The number of halogens is 1. The topological polar surface area (TPSA) is 73.8 Å². The minimum Gasteiger partial charge on any atom is -0.378 e. The second kappa shape index (κ2) is 13.6. The summed E-state index contributed by atoms with van der Waals surface area (Å²) in [5.74, 6) is 0.813. The van der Waals surface area contributed by atoms with E-state index < -0.39 is 9.84 Å². The largest absolute Gasteiger partial charge is 0.378 e. The molecule has 172 valence electrons. The van der Waals surface area contributed by atoms with E-state index in [1.54, 1.807) is 12.1 Å². The van der Waals surface area contributed by atoms with Crippen LogP contribution in [0.4, 0.5) is 5.69 Å². The molecule has 2 aromatic carbocycles. The number of sulfone groups is 1. The van der Waals surface area contributed by atoms with Gasteiger partial charge in [-0.15, -0.1) is 24.0 Å². The summed E-state index contributed by atoms with van der Waals surface area (Å²) in [7, 11) is 0.944. The van der Waals surface area contributed by atoms with Crippen LogP contribution >= 0.6 is 24.0 Å². The number of benzene rings is 2. The van der Waals surface area contributed by atoms with Gasteiger partial charge in [0.05, 0.1) is 4.90 Å². The van der Waals surface area contributed by atoms with Gasteiger partial charge in [0.15, 0.2) is 15.8 Å². The van der Waals surface area contributed by atoms with Crippen LogP contribution in [0, 0.1) is 0 Å². The standard InChI is InChI=1S/C23H34N4O2S.HI/c1-5-24-23(25-17-6-7-19-8-12-21(13-9-19)27(2)3)26-18-16-20-10-14-22(15-11-20)30(4,28)29;/h8-15H,5-7,16-18H2,1-4H3,(H2,24,25,26);1H. The normalized spacial score (nSPS) is 11.5. The number of anilines is 1. The second-order valence-electron chi connectivity index (χ2n) is 7.52. The van der Waals surface area contributed by atoms with E-state index in [9.17, 15) is 8.42 Å². The monoisotopic (exact) mass is 558 g/mol. The zero-order valence-corrected chi connectivity index (χ0v) is 22.0. The molecule has 2 N–H and O–H groups in total. The maximum Gasteiger partial charge on any atom is 0.191 e. The van der Waals surface area contributed by atoms with E-state index in [0.717, 1.165) is 50.4 Å². The maximum atomic E-state index is 11.5. The third-order valence-corrected chi connectivity index (χ3v) is 5.88. The van der Waals surface area contributed by atoms with E-state index >= 15 is 0 Å². The lowest BCUT2D eigenvalue weighted by Crippen LogP contribution is -2.38. The van der Waals surface area contributed by atoms with Gasteiger partial charge in [-0.05, 0) is 61.6 Å². The Bertz CT molecular complexity index is 912. The van der Waals surface area contributed by atoms with Gasteiger partial charge in [-0.1, -0.05) is 24.3 Å². The first-order chi connectivity index (χ1) is 14.3. The Balaban J connectivity index is 0.00000480. The summed E-state index contributed by atoms with van der Waals surface area (Å²) in [6.07, 6.45) is 4.02. The van der Waals surface area contributed by atoms with Gasteiger partial charge in [-0.3, -0.25) is 4.99 Å². The molecule has 6 nitrogen and oxygen atoms in total. The van der Waals surface area contributed by atoms with Crippen molar-refractivity contribution in [3.8, 4) is 0 Å². The molecule has 0 spiro atoms. The molecule has 0 fully saturated rings. The number of hydrogen-bond donors (Lipinski definition) is 2. The molecule has 0 aliphatic rings. The summed E-state index contributed by atoms with van der Waals surface area (Å²) in [4.78, 5) is 7.11. The average molecular weight is 559 g/mol. The minimum atomic E-state index is -3.15. The van der Waals surface area contributed by atoms with Crippen LogP contribution in [0.3, 0.4) is 0 Å². The second-order valence-corrected chi connectivity index (χ2v) is 9.53. The van der Waals surface area contributed by atoms with Crippen molar-refractivity contribution >= 4 is 45.5 Å². The fraction of sp³-hybridized carbons (Fsp3) is 0.435. The van der Waals surface area contributed by atoms with E-state index in [-0.39, 0.29) is 24.0 Å². The molecule has 0 atom stereocenters. The highest BCUT2D eigenvalue weighted by Gasteiger charge is 2.06. The number of aliphatic imine (C=N–C) groups is 1. The highest BCUT2D eigenvalue weighted by molar-refractivity contribution is 14.0. The molecule has 0 aromatic heterocycles. The van der Waals surface area contributed by atoms with Gasteiger partial charge in [0.25, 0.3) is 0 Å². The van der Waals surface area contributed by atoms with Crippen LogP contribution in [0.25, 0.3) is 0 Å². The Morgan fingerprint density at radius 3 is 2.06 bits per heavy atom. The van der Waals surface area contributed by atoms with E-state index in [2.05, 4.69) is 44.8 Å². The SMILES string of the molecule is CCNC(=NCCCc1ccc(N(C)C)cc1)NCCc1ccc(S(C)(=O)=O)cc1.I. The molecule has 0 radical (unpaired) electrons. The molecule has 8 heteroatoms. The lowest BCUT2D eigenvalue weighted by atomic mass is 10.1. The third-order valence-electron chi connectivity index (χ3n) is 4.75. The van der Waals surface area contributed by atoms with Crippen LogP contribution in [0.1, 0.15) is 24.5 Å². The van der Waals surface area contributed by atoms with E-state index in [1.807, 2.05) is 33.2 Å². The minimum absolute atomic E-state index is 0. The molecule has 0 saturated heterocycles. The average Bonchev–Trinajstić information content (AvgIpc) is 2.71. The third kappa shape index (κ3) is 9.90. The van der Waals surface area contributed by atoms with Crippen LogP contribution in [0.5, 0.6) is 0 Å². The Kier molecular flexibility index (Phi) is 11.9. The van der Waals surface area contributed by atoms with Crippen LogP contribution in [-0.2, 0) is 22.7 Å². The molecule has 0 aliphatic carbocycles. The first-order valence-electron chi connectivity index (χ1n) is 10.4. The van der Waals surface area contributed by atoms with Gasteiger partial charge >= 0.3 is 0 Å². The van der Waals surface area contributed by atoms with Crippen LogP contribution in [0.15, 0.2) is 58.4 Å². The molecule has 0 unspecified atom stereocenters. The molecule has 2 aromatic rings. The molecule has 0 heterocycles. The summed E-state index contributed by atoms with van der Waals surface area (Å²) in [5.41, 5.74) is 3.62. The highest BCUT2D eigenvalue weighted by Crippen LogP contribution is 2.13. The first-order valence-corrected chi connectivity index (χ1v) is 12.3. The number of guanidine groups is 1. The molecule has 0 aliphatic heterocycles. The zero-order chi connectivity index (χ0) is 22.0. The van der Waals surface area contributed by atoms with E-state index in [0.29, 0.717) is 4.90 Å². The van der Waals surface area contributed by atoms with E-state index in [4.69, 9.17) is 0 Å². The fourth-order valence-electron chi connectivity index (χ4n) is 3.01. The van der Waals surface area contributed by atoms with Crippen molar-refractivity contribution in [3.05, 3.63) is 59.7 Å². The van der Waals surface area contributed by atoms with Gasteiger partial charge in [0, 0.05) is 45.7 Å². The van der Waals surface area contributed by atoms with Crippen molar-refractivity contribution in [3.63, 3.8) is 0 Å². The number of rotatable bonds is 10. The number of nitrogens with zero attached hydrogens (tertiary/aromatic N) is 2. The number of aryl methyl sites for hydroxylation is 1. The Morgan fingerprint density at radius 2 is 1.52 bits per heavy atom. The Hall–Kier alpha value is -1.81. The lowest BCUT2D eigenvalue weighted by molar-refractivity contribution is 0.602. The van der Waals surface area contributed by atoms with Gasteiger partial charge in [0.1, 0.15) is 0 Å². The predicted octanol–water partition coefficient (Wildman–Crippen LogP) is 3.50. The van der Waals surface area contributed by atoms with Crippen LogP contribution < -0.4 is 15.5 Å². The predicted molar refractivity (Wildman–Crippen MR) is 142 cm³/mol. The van der Waals surface area contributed by atoms with Gasteiger partial charge in [-0.25, -0.2) is 8.42 Å². The van der Waals surface area contributed by atoms with Gasteiger partial charge < -0.3 is 15.5 Å². The smallest absolute Gasteiger partial charge is 0.191 e. The Labute approximate surface area is 204 Å². The molecule has 2 rings (SSSR count). The summed E-state index contributed by atoms with van der Waals surface area (Å²) in [6, 6.07) is 15.7. The zero-order valence-electron chi connectivity index (χ0n) is 18.9. The first kappa shape index (κ1) is 27.2. The quantitative estimate of drug-likeness (QED) is 0.202. The van der Waals surface area contributed by atoms with Crippen molar-refractivity contribution in [1.82, 2.24) is 10.6 Å². The van der Waals surface area contributed by atoms with Crippen molar-refractivity contribution < 1.29 is 8.42 Å². The molecule has 0 saturated carbocycles. The van der Waals surface area contributed by atoms with E-state index in [1.165, 1.54) is 17.5 Å². The van der Waals surface area contributed by atoms with Crippen molar-refractivity contribution in [2.45, 2.75) is 31.1 Å². The Morgan fingerprint density at radius 1 is 0.935 bits per heavy atom. The van der Waals surface area contributed by atoms with Crippen molar-refractivity contribution in [1.29, 1.82) is 0 Å². The molecule has 31 heavy (non-hydrogen) atoms. The van der Waals surface area contributed by atoms with Gasteiger partial charge in [-0.2, -0.15) is 0 Å².